The van der Waals surface area contributed by atoms with Crippen molar-refractivity contribution in [2.24, 2.45) is 5.92 Å². The zero-order valence-electron chi connectivity index (χ0n) is 17.2. The first kappa shape index (κ1) is 22.6. The fourth-order valence-corrected chi connectivity index (χ4v) is 3.64. The van der Waals surface area contributed by atoms with E-state index in [-0.39, 0.29) is 35.1 Å². The molecule has 0 atom stereocenters. The maximum Gasteiger partial charge on any atom is 0.293 e. The summed E-state index contributed by atoms with van der Waals surface area (Å²) < 4.78 is 15.9. The van der Waals surface area contributed by atoms with Gasteiger partial charge in [-0.15, -0.1) is 0 Å². The van der Waals surface area contributed by atoms with Gasteiger partial charge in [-0.1, -0.05) is 13.8 Å². The molecule has 1 heterocycles. The van der Waals surface area contributed by atoms with Crippen LogP contribution in [0.25, 0.3) is 6.08 Å². The molecule has 3 amide bonds. The lowest BCUT2D eigenvalue weighted by Gasteiger charge is -2.14. The van der Waals surface area contributed by atoms with Crippen LogP contribution in [-0.2, 0) is 9.59 Å². The van der Waals surface area contributed by atoms with Gasteiger partial charge in [-0.25, -0.2) is 0 Å². The number of benzene rings is 1. The number of nitrogens with zero attached hydrogens (tertiary/aromatic N) is 1. The lowest BCUT2D eigenvalue weighted by Crippen LogP contribution is -2.37. The Kier molecular flexibility index (Phi) is 7.95. The molecule has 158 valence electrons. The van der Waals surface area contributed by atoms with Crippen LogP contribution in [0.5, 0.6) is 17.2 Å². The Hall–Kier alpha value is -2.68. The number of amides is 3. The van der Waals surface area contributed by atoms with Crippen LogP contribution >= 0.6 is 11.8 Å². The Balaban J connectivity index is 2.12. The maximum absolute atomic E-state index is 12.6. The number of carbonyl (C=O) groups excluding carboxylic acids is 3. The first-order chi connectivity index (χ1) is 13.8. The molecule has 0 radical (unpaired) electrons. The predicted molar refractivity (Wildman–Crippen MR) is 111 cm³/mol. The first-order valence-corrected chi connectivity index (χ1v) is 9.94. The number of ether oxygens (including phenoxy) is 3. The zero-order valence-corrected chi connectivity index (χ0v) is 18.1. The van der Waals surface area contributed by atoms with Crippen molar-refractivity contribution >= 4 is 34.9 Å². The average molecular weight is 423 g/mol. The van der Waals surface area contributed by atoms with E-state index in [9.17, 15) is 14.4 Å². The molecule has 1 aromatic carbocycles. The van der Waals surface area contributed by atoms with Crippen molar-refractivity contribution in [3.8, 4) is 17.2 Å². The highest BCUT2D eigenvalue weighted by Crippen LogP contribution is 2.40. The molecule has 1 aliphatic rings. The largest absolute Gasteiger partial charge is 0.493 e. The molecule has 2 rings (SSSR count). The Bertz CT molecular complexity index is 796. The van der Waals surface area contributed by atoms with Gasteiger partial charge in [-0.3, -0.25) is 19.3 Å². The van der Waals surface area contributed by atoms with Gasteiger partial charge in [0, 0.05) is 19.5 Å². The van der Waals surface area contributed by atoms with Crippen LogP contribution in [0.3, 0.4) is 0 Å². The lowest BCUT2D eigenvalue weighted by molar-refractivity contribution is -0.124. The van der Waals surface area contributed by atoms with Gasteiger partial charge >= 0.3 is 0 Å². The van der Waals surface area contributed by atoms with E-state index in [1.54, 1.807) is 18.2 Å². The summed E-state index contributed by atoms with van der Waals surface area (Å²) in [7, 11) is 4.51. The third-order valence-electron chi connectivity index (χ3n) is 4.11. The van der Waals surface area contributed by atoms with E-state index in [4.69, 9.17) is 14.2 Å². The molecule has 29 heavy (non-hydrogen) atoms. The Labute approximate surface area is 174 Å². The van der Waals surface area contributed by atoms with E-state index < -0.39 is 5.91 Å². The molecule has 1 aliphatic heterocycles. The highest BCUT2D eigenvalue weighted by molar-refractivity contribution is 8.18. The summed E-state index contributed by atoms with van der Waals surface area (Å²) >= 11 is 0.856. The molecule has 1 fully saturated rings. The molecule has 0 bridgehead atoms. The summed E-state index contributed by atoms with van der Waals surface area (Å²) in [6.07, 6.45) is 2.01. The van der Waals surface area contributed by atoms with Crippen molar-refractivity contribution in [1.29, 1.82) is 0 Å². The monoisotopic (exact) mass is 422 g/mol. The molecule has 0 unspecified atom stereocenters. The molecule has 0 aromatic heterocycles. The number of imide groups is 1. The van der Waals surface area contributed by atoms with Gasteiger partial charge in [0.25, 0.3) is 11.1 Å². The minimum absolute atomic E-state index is 0.0973. The molecule has 8 nitrogen and oxygen atoms in total. The highest BCUT2D eigenvalue weighted by atomic mass is 32.2. The number of hydrogen-bond acceptors (Lipinski definition) is 7. The molecule has 0 aliphatic carbocycles. The number of carbonyl (C=O) groups is 3. The average Bonchev–Trinajstić information content (AvgIpc) is 2.93. The van der Waals surface area contributed by atoms with Crippen molar-refractivity contribution in [3.05, 3.63) is 22.6 Å². The first-order valence-electron chi connectivity index (χ1n) is 9.12. The van der Waals surface area contributed by atoms with Gasteiger partial charge < -0.3 is 19.5 Å². The van der Waals surface area contributed by atoms with Crippen LogP contribution in [0.15, 0.2) is 17.0 Å². The highest BCUT2D eigenvalue weighted by Gasteiger charge is 2.34. The zero-order chi connectivity index (χ0) is 21.6. The van der Waals surface area contributed by atoms with Crippen molar-refractivity contribution in [2.75, 3.05) is 34.4 Å². The van der Waals surface area contributed by atoms with Crippen LogP contribution < -0.4 is 19.5 Å². The van der Waals surface area contributed by atoms with E-state index in [2.05, 4.69) is 5.32 Å². The van der Waals surface area contributed by atoms with E-state index >= 15 is 0 Å². The van der Waals surface area contributed by atoms with Gasteiger partial charge in [0.1, 0.15) is 0 Å². The summed E-state index contributed by atoms with van der Waals surface area (Å²) in [6.45, 7) is 4.25. The molecular formula is C20H26N2O6S. The fraction of sp³-hybridized carbons (Fsp3) is 0.450. The van der Waals surface area contributed by atoms with Crippen LogP contribution in [0, 0.1) is 5.92 Å². The van der Waals surface area contributed by atoms with E-state index in [1.165, 1.54) is 21.3 Å². The number of methoxy groups -OCH3 is 3. The van der Waals surface area contributed by atoms with Crippen LogP contribution in [0.4, 0.5) is 4.79 Å². The summed E-state index contributed by atoms with van der Waals surface area (Å²) in [5, 5.41) is 2.36. The number of nitrogens with one attached hydrogen (secondary N) is 1. The lowest BCUT2D eigenvalue weighted by atomic mass is 10.1. The summed E-state index contributed by atoms with van der Waals surface area (Å²) in [5.74, 6) is 1.09. The molecule has 0 saturated carbocycles. The summed E-state index contributed by atoms with van der Waals surface area (Å²) in [5.41, 5.74) is 0.634. The maximum atomic E-state index is 12.6. The fourth-order valence-electron chi connectivity index (χ4n) is 2.78. The van der Waals surface area contributed by atoms with Crippen LogP contribution in [-0.4, -0.2) is 56.4 Å². The van der Waals surface area contributed by atoms with Gasteiger partial charge in [0.2, 0.25) is 11.7 Å². The van der Waals surface area contributed by atoms with Crippen molar-refractivity contribution in [1.82, 2.24) is 10.2 Å². The summed E-state index contributed by atoms with van der Waals surface area (Å²) in [6, 6.07) is 3.39. The topological polar surface area (TPSA) is 94.2 Å². The SMILES string of the molecule is COc1cc(C=C2SC(=O)N(CCNC(=O)CC(C)C)C2=O)cc(OC)c1OC. The van der Waals surface area contributed by atoms with Gasteiger partial charge in [-0.2, -0.15) is 0 Å². The Morgan fingerprint density at radius 2 is 1.76 bits per heavy atom. The number of rotatable bonds is 9. The molecule has 1 N–H and O–H groups in total. The van der Waals surface area contributed by atoms with Crippen molar-refractivity contribution < 1.29 is 28.6 Å². The predicted octanol–water partition coefficient (Wildman–Crippen LogP) is 2.91. The molecule has 1 saturated heterocycles. The molecule has 9 heteroatoms. The third-order valence-corrected chi connectivity index (χ3v) is 5.02. The van der Waals surface area contributed by atoms with Gasteiger partial charge in [-0.05, 0) is 41.5 Å². The van der Waals surface area contributed by atoms with Crippen molar-refractivity contribution in [3.63, 3.8) is 0 Å². The molecular weight excluding hydrogens is 396 g/mol. The smallest absolute Gasteiger partial charge is 0.293 e. The Morgan fingerprint density at radius 3 is 2.28 bits per heavy atom. The van der Waals surface area contributed by atoms with Crippen LogP contribution in [0.1, 0.15) is 25.8 Å². The van der Waals surface area contributed by atoms with Gasteiger partial charge in [0.15, 0.2) is 11.5 Å². The quantitative estimate of drug-likeness (QED) is 0.612. The second-order valence-electron chi connectivity index (χ2n) is 6.74. The van der Waals surface area contributed by atoms with E-state index in [0.717, 1.165) is 16.7 Å². The van der Waals surface area contributed by atoms with Gasteiger partial charge in [0.05, 0.1) is 26.2 Å². The summed E-state index contributed by atoms with van der Waals surface area (Å²) in [4.78, 5) is 38.0. The minimum atomic E-state index is -0.396. The van der Waals surface area contributed by atoms with E-state index in [1.807, 2.05) is 13.8 Å². The Morgan fingerprint density at radius 1 is 1.14 bits per heavy atom. The van der Waals surface area contributed by atoms with E-state index in [0.29, 0.717) is 29.2 Å². The van der Waals surface area contributed by atoms with Crippen molar-refractivity contribution in [2.45, 2.75) is 20.3 Å². The molecule has 1 aromatic rings. The third kappa shape index (κ3) is 5.66. The standard InChI is InChI=1S/C20H26N2O6S/c1-12(2)8-17(23)21-6-7-22-19(24)16(29-20(22)25)11-13-9-14(26-3)18(28-5)15(10-13)27-4/h9-12H,6-8H2,1-5H3,(H,21,23). The normalized spacial score (nSPS) is 15.2. The second-order valence-corrected chi connectivity index (χ2v) is 7.73. The number of thioether (sulfide) groups is 1. The number of hydrogen-bond donors (Lipinski definition) is 1. The van der Waals surface area contributed by atoms with Crippen LogP contribution in [0.2, 0.25) is 0 Å². The minimum Gasteiger partial charge on any atom is -0.493 e. The molecule has 0 spiro atoms. The second kappa shape index (κ2) is 10.2.